The molecular weight excluding hydrogens is 365 g/mol. The minimum absolute atomic E-state index is 0.103. The van der Waals surface area contributed by atoms with Gasteiger partial charge in [-0.25, -0.2) is 9.07 Å². The molecule has 3 aromatic rings. The number of rotatable bonds is 4. The van der Waals surface area contributed by atoms with Gasteiger partial charge in [-0.15, -0.1) is 5.10 Å². The molecule has 1 aromatic carbocycles. The van der Waals surface area contributed by atoms with Gasteiger partial charge in [0.1, 0.15) is 17.9 Å². The minimum atomic E-state index is -0.745. The monoisotopic (exact) mass is 387 g/mol. The molecule has 1 saturated carbocycles. The minimum Gasteiger partial charge on any atom is -0.390 e. The third-order valence-electron chi connectivity index (χ3n) is 5.06. The molecule has 4 rings (SSSR count). The average molecular weight is 387 g/mol. The lowest BCUT2D eigenvalue weighted by Gasteiger charge is -2.41. The summed E-state index contributed by atoms with van der Waals surface area (Å²) in [5.41, 5.74) is -0.320. The molecule has 0 bridgehead atoms. The van der Waals surface area contributed by atoms with E-state index in [1.54, 1.807) is 42.5 Å². The van der Waals surface area contributed by atoms with Crippen LogP contribution in [0.25, 0.3) is 16.4 Å². The highest BCUT2D eigenvalue weighted by molar-refractivity contribution is 5.88. The highest BCUT2D eigenvalue weighted by Crippen LogP contribution is 2.31. The molecule has 2 aromatic heterocycles. The van der Waals surface area contributed by atoms with Gasteiger partial charge < -0.3 is 15.3 Å². The summed E-state index contributed by atoms with van der Waals surface area (Å²) in [7, 11) is 3.52. The largest absolute Gasteiger partial charge is 0.390 e. The number of anilines is 1. The Labute approximate surface area is 160 Å². The Bertz CT molecular complexity index is 1140. The highest BCUT2D eigenvalue weighted by Gasteiger charge is 2.39. The molecule has 0 saturated heterocycles. The first-order chi connectivity index (χ1) is 13.1. The van der Waals surface area contributed by atoms with Crippen LogP contribution in [0.2, 0.25) is 0 Å². The van der Waals surface area contributed by atoms with Gasteiger partial charge in [0.2, 0.25) is 11.9 Å². The van der Waals surface area contributed by atoms with Crippen molar-refractivity contribution >= 4 is 28.3 Å². The van der Waals surface area contributed by atoms with Gasteiger partial charge in [-0.1, -0.05) is 0 Å². The maximum atomic E-state index is 13.7. The number of nitrogens with zero attached hydrogens (tertiary/aromatic N) is 4. The van der Waals surface area contributed by atoms with Gasteiger partial charge in [-0.05, 0) is 44.0 Å². The van der Waals surface area contributed by atoms with Crippen molar-refractivity contribution < 1.29 is 14.3 Å². The van der Waals surface area contributed by atoms with Crippen molar-refractivity contribution in [3.8, 4) is 0 Å². The Kier molecular flexibility index (Phi) is 4.15. The topological polar surface area (TPSA) is 91.9 Å². The normalized spacial score (nSPS) is 21.7. The molecular formula is C19H22FN5O3. The number of aliphatic hydroxyl groups is 1. The second-order valence-corrected chi connectivity index (χ2v) is 7.89. The Morgan fingerprint density at radius 2 is 2.07 bits per heavy atom. The lowest BCUT2D eigenvalue weighted by Crippen LogP contribution is -2.54. The third-order valence-corrected chi connectivity index (χ3v) is 5.06. The van der Waals surface area contributed by atoms with Crippen LogP contribution in [0, 0.1) is 5.82 Å². The molecule has 148 valence electrons. The summed E-state index contributed by atoms with van der Waals surface area (Å²) in [6, 6.07) is 5.87. The number of carbonyl (C=O) groups excluding carboxylic acids is 1. The lowest BCUT2D eigenvalue weighted by atomic mass is 9.77. The highest BCUT2D eigenvalue weighted by atomic mass is 19.1. The van der Waals surface area contributed by atoms with Gasteiger partial charge in [0.05, 0.1) is 11.1 Å². The van der Waals surface area contributed by atoms with Gasteiger partial charge >= 0.3 is 0 Å². The molecule has 1 aliphatic rings. The number of benzene rings is 1. The summed E-state index contributed by atoms with van der Waals surface area (Å²) in [5.74, 6) is -0.335. The lowest BCUT2D eigenvalue weighted by molar-refractivity contribution is -0.125. The molecule has 28 heavy (non-hydrogen) atoms. The van der Waals surface area contributed by atoms with Crippen LogP contribution in [-0.2, 0) is 11.3 Å². The quantitative estimate of drug-likeness (QED) is 0.694. The van der Waals surface area contributed by atoms with E-state index in [0.29, 0.717) is 35.2 Å². The van der Waals surface area contributed by atoms with Gasteiger partial charge in [-0.2, -0.15) is 0 Å². The molecule has 1 amide bonds. The molecule has 9 heteroatoms. The van der Waals surface area contributed by atoms with E-state index in [1.807, 2.05) is 0 Å². The van der Waals surface area contributed by atoms with Gasteiger partial charge in [0.15, 0.2) is 0 Å². The number of carbonyl (C=O) groups is 1. The summed E-state index contributed by atoms with van der Waals surface area (Å²) in [4.78, 5) is 27.0. The predicted octanol–water partition coefficient (Wildman–Crippen LogP) is 0.884. The van der Waals surface area contributed by atoms with E-state index in [-0.39, 0.29) is 18.5 Å². The maximum Gasteiger partial charge on any atom is 0.291 e. The van der Waals surface area contributed by atoms with Crippen molar-refractivity contribution in [1.82, 2.24) is 19.5 Å². The van der Waals surface area contributed by atoms with Crippen molar-refractivity contribution in [2.45, 2.75) is 38.0 Å². The van der Waals surface area contributed by atoms with Gasteiger partial charge in [-0.3, -0.25) is 14.0 Å². The molecule has 1 fully saturated rings. The second-order valence-electron chi connectivity index (χ2n) is 7.89. The van der Waals surface area contributed by atoms with Crippen LogP contribution >= 0.6 is 0 Å². The van der Waals surface area contributed by atoms with Crippen molar-refractivity contribution in [3.05, 3.63) is 40.4 Å². The predicted molar refractivity (Wildman–Crippen MR) is 103 cm³/mol. The number of hydrogen-bond acceptors (Lipinski definition) is 5. The van der Waals surface area contributed by atoms with Crippen LogP contribution < -0.4 is 15.8 Å². The van der Waals surface area contributed by atoms with Gasteiger partial charge in [0, 0.05) is 25.5 Å². The van der Waals surface area contributed by atoms with Crippen molar-refractivity contribution in [1.29, 1.82) is 0 Å². The molecule has 0 spiro atoms. The molecule has 0 radical (unpaired) electrons. The van der Waals surface area contributed by atoms with Crippen LogP contribution in [0.1, 0.15) is 19.8 Å². The van der Waals surface area contributed by atoms with E-state index in [9.17, 15) is 19.1 Å². The Hall–Kier alpha value is -2.94. The van der Waals surface area contributed by atoms with Crippen molar-refractivity contribution in [2.75, 3.05) is 19.0 Å². The van der Waals surface area contributed by atoms with Crippen molar-refractivity contribution in [3.63, 3.8) is 0 Å². The zero-order valence-electron chi connectivity index (χ0n) is 15.9. The van der Waals surface area contributed by atoms with E-state index in [4.69, 9.17) is 0 Å². The Balaban J connectivity index is 1.73. The van der Waals surface area contributed by atoms with Crippen LogP contribution in [0.5, 0.6) is 0 Å². The van der Waals surface area contributed by atoms with Crippen LogP contribution in [0.15, 0.2) is 29.1 Å². The first kappa shape index (κ1) is 18.4. The molecule has 2 heterocycles. The first-order valence-corrected chi connectivity index (χ1v) is 9.05. The standard InChI is InChI=1S/C19H22FN5O3/c1-19(28)8-13(9-19)21-16(26)10-24-17(27)15-6-11-4-5-12(20)7-14(11)25(15)18(22-24)23(2)3/h4-7,13,28H,8-10H2,1-3H3,(H,21,26)/t13-,19+. The molecule has 1 aliphatic carbocycles. The maximum absolute atomic E-state index is 13.7. The summed E-state index contributed by atoms with van der Waals surface area (Å²) >= 11 is 0. The fraction of sp³-hybridized carbons (Fsp3) is 0.421. The second kappa shape index (κ2) is 6.30. The molecule has 2 N–H and O–H groups in total. The van der Waals surface area contributed by atoms with Crippen LogP contribution in [0.4, 0.5) is 10.3 Å². The number of amides is 1. The molecule has 8 nitrogen and oxygen atoms in total. The first-order valence-electron chi connectivity index (χ1n) is 9.05. The number of halogens is 1. The molecule has 0 unspecified atom stereocenters. The zero-order valence-corrected chi connectivity index (χ0v) is 15.9. The molecule has 0 aliphatic heterocycles. The zero-order chi connectivity index (χ0) is 20.2. The number of aromatic nitrogens is 3. The summed E-state index contributed by atoms with van der Waals surface area (Å²) in [5, 5.41) is 17.6. The van der Waals surface area contributed by atoms with E-state index < -0.39 is 17.0 Å². The van der Waals surface area contributed by atoms with Crippen molar-refractivity contribution in [2.24, 2.45) is 0 Å². The van der Waals surface area contributed by atoms with E-state index >= 15 is 0 Å². The number of nitrogens with one attached hydrogen (secondary N) is 1. The SMILES string of the molecule is CN(C)c1nn(CC(=O)N[C@H]2C[C@@](C)(O)C2)c(=O)c2cc3ccc(F)cc3n12. The van der Waals surface area contributed by atoms with Gasteiger partial charge in [0.25, 0.3) is 5.56 Å². The fourth-order valence-corrected chi connectivity index (χ4v) is 3.79. The average Bonchev–Trinajstić information content (AvgIpc) is 2.94. The number of fused-ring (bicyclic) bond motifs is 3. The summed E-state index contributed by atoms with van der Waals surface area (Å²) in [6.45, 7) is 1.49. The van der Waals surface area contributed by atoms with Crippen LogP contribution in [0.3, 0.4) is 0 Å². The Morgan fingerprint density at radius 1 is 1.36 bits per heavy atom. The van der Waals surface area contributed by atoms with E-state index in [2.05, 4.69) is 10.4 Å². The third kappa shape index (κ3) is 3.11. The smallest absolute Gasteiger partial charge is 0.291 e. The molecule has 0 atom stereocenters. The van der Waals surface area contributed by atoms with E-state index in [0.717, 1.165) is 4.68 Å². The summed E-state index contributed by atoms with van der Waals surface area (Å²) in [6.07, 6.45) is 0.970. The van der Waals surface area contributed by atoms with E-state index in [1.165, 1.54) is 12.1 Å². The summed E-state index contributed by atoms with van der Waals surface area (Å²) < 4.78 is 16.5. The Morgan fingerprint density at radius 3 is 2.71 bits per heavy atom. The van der Waals surface area contributed by atoms with Crippen LogP contribution in [-0.4, -0.2) is 50.9 Å². The fourth-order valence-electron chi connectivity index (χ4n) is 3.79. The number of hydrogen-bond donors (Lipinski definition) is 2.